The summed E-state index contributed by atoms with van der Waals surface area (Å²) in [6, 6.07) is 12.0. The van der Waals surface area contributed by atoms with Crippen molar-refractivity contribution in [2.75, 3.05) is 14.2 Å². The van der Waals surface area contributed by atoms with Crippen molar-refractivity contribution in [1.29, 1.82) is 0 Å². The molecule has 0 unspecified atom stereocenters. The van der Waals surface area contributed by atoms with E-state index in [0.717, 1.165) is 45.9 Å². The Kier molecular flexibility index (Phi) is 6.94. The second kappa shape index (κ2) is 9.74. The maximum atomic E-state index is 12.8. The Morgan fingerprint density at radius 1 is 1.00 bits per heavy atom. The molecule has 2 heterocycles. The lowest BCUT2D eigenvalue weighted by molar-refractivity contribution is 0.0587. The zero-order valence-corrected chi connectivity index (χ0v) is 22.0. The molecule has 34 heavy (non-hydrogen) atoms. The second-order valence-corrected chi connectivity index (χ2v) is 9.59. The second-order valence-electron chi connectivity index (χ2n) is 8.80. The lowest BCUT2D eigenvalue weighted by Gasteiger charge is -2.24. The van der Waals surface area contributed by atoms with Crippen LogP contribution in [0.25, 0.3) is 22.4 Å². The number of aromatic nitrogens is 1. The van der Waals surface area contributed by atoms with Gasteiger partial charge in [-0.05, 0) is 85.4 Å². The molecule has 4 rings (SSSR count). The lowest BCUT2D eigenvalue weighted by atomic mass is 9.93. The van der Waals surface area contributed by atoms with E-state index in [2.05, 4.69) is 22.0 Å². The molecule has 1 aliphatic heterocycles. The molecule has 0 bridgehead atoms. The third kappa shape index (κ3) is 4.41. The highest BCUT2D eigenvalue weighted by molar-refractivity contribution is 9.10. The molecule has 0 amide bonds. The number of esters is 1. The van der Waals surface area contributed by atoms with Crippen LogP contribution < -0.4 is 14.2 Å². The van der Waals surface area contributed by atoms with E-state index in [4.69, 9.17) is 18.9 Å². The topological polar surface area (TPSA) is 58.9 Å². The van der Waals surface area contributed by atoms with Gasteiger partial charge >= 0.3 is 5.97 Å². The predicted molar refractivity (Wildman–Crippen MR) is 136 cm³/mol. The fraction of sp³-hybridized carbons (Fsp3) is 0.370. The molecule has 0 saturated carbocycles. The monoisotopic (exact) mass is 527 g/mol. The predicted octanol–water partition coefficient (Wildman–Crippen LogP) is 6.51. The summed E-state index contributed by atoms with van der Waals surface area (Å²) in [7, 11) is 3.04. The fourth-order valence-electron chi connectivity index (χ4n) is 4.42. The summed E-state index contributed by atoms with van der Waals surface area (Å²) in [6.07, 6.45) is 0.831. The molecule has 6 nitrogen and oxygen atoms in total. The SMILES string of the molecule is COC(=O)c1c(Br)c(-c2cccc(OC(C)C)c2)c2n1CCc1cc(OC(C)C)c(OC)cc1-2. The Labute approximate surface area is 208 Å². The largest absolute Gasteiger partial charge is 0.493 e. The van der Waals surface area contributed by atoms with Gasteiger partial charge in [0.1, 0.15) is 11.4 Å². The highest BCUT2D eigenvalue weighted by Gasteiger charge is 2.32. The molecule has 2 aromatic carbocycles. The standard InChI is InChI=1S/C27H30BrNO5/c1-15(2)33-19-9-7-8-18(12-19)23-24(28)26(27(30)32-6)29-11-10-17-13-22(34-16(3)4)21(31-5)14-20(17)25(23)29/h7-9,12-16H,10-11H2,1-6H3. The van der Waals surface area contributed by atoms with Crippen molar-refractivity contribution in [3.05, 3.63) is 52.1 Å². The van der Waals surface area contributed by atoms with Gasteiger partial charge in [-0.3, -0.25) is 0 Å². The minimum atomic E-state index is -0.385. The Hall–Kier alpha value is -2.93. The van der Waals surface area contributed by atoms with Gasteiger partial charge in [0.2, 0.25) is 0 Å². The van der Waals surface area contributed by atoms with Crippen LogP contribution in [0.2, 0.25) is 0 Å². The van der Waals surface area contributed by atoms with E-state index in [0.29, 0.717) is 22.5 Å². The highest BCUT2D eigenvalue weighted by Crippen LogP contribution is 2.48. The first-order valence-electron chi connectivity index (χ1n) is 11.4. The lowest BCUT2D eigenvalue weighted by Crippen LogP contribution is -2.17. The smallest absolute Gasteiger partial charge is 0.355 e. The summed E-state index contributed by atoms with van der Waals surface area (Å²) in [4.78, 5) is 12.8. The zero-order valence-electron chi connectivity index (χ0n) is 20.4. The van der Waals surface area contributed by atoms with Gasteiger partial charge in [0.15, 0.2) is 11.5 Å². The van der Waals surface area contributed by atoms with Crippen LogP contribution in [0.4, 0.5) is 0 Å². The third-order valence-electron chi connectivity index (χ3n) is 5.69. The van der Waals surface area contributed by atoms with Gasteiger partial charge in [0, 0.05) is 17.7 Å². The average Bonchev–Trinajstić information content (AvgIpc) is 3.09. The van der Waals surface area contributed by atoms with Crippen LogP contribution in [0, 0.1) is 0 Å². The van der Waals surface area contributed by atoms with Crippen molar-refractivity contribution >= 4 is 21.9 Å². The van der Waals surface area contributed by atoms with Gasteiger partial charge < -0.3 is 23.5 Å². The zero-order chi connectivity index (χ0) is 24.6. The minimum absolute atomic E-state index is 0.0266. The summed E-state index contributed by atoms with van der Waals surface area (Å²) in [6.45, 7) is 8.62. The number of nitrogens with zero attached hydrogens (tertiary/aromatic N) is 1. The molecular weight excluding hydrogens is 498 g/mol. The molecule has 0 N–H and O–H groups in total. The first-order chi connectivity index (χ1) is 16.2. The molecule has 0 radical (unpaired) electrons. The number of rotatable bonds is 7. The number of fused-ring (bicyclic) bond motifs is 3. The molecule has 0 aliphatic carbocycles. The van der Waals surface area contributed by atoms with E-state index in [1.54, 1.807) is 7.11 Å². The number of aryl methyl sites for hydroxylation is 1. The number of ether oxygens (including phenoxy) is 4. The molecule has 1 aliphatic rings. The van der Waals surface area contributed by atoms with Crippen LogP contribution in [0.5, 0.6) is 17.2 Å². The molecule has 0 fully saturated rings. The molecule has 1 aromatic heterocycles. The van der Waals surface area contributed by atoms with Crippen molar-refractivity contribution in [2.45, 2.75) is 52.9 Å². The van der Waals surface area contributed by atoms with Crippen LogP contribution in [-0.4, -0.2) is 37.0 Å². The Balaban J connectivity index is 1.98. The number of methoxy groups -OCH3 is 2. The van der Waals surface area contributed by atoms with Crippen molar-refractivity contribution in [3.63, 3.8) is 0 Å². The number of carbonyl (C=O) groups excluding carboxylic acids is 1. The number of benzene rings is 2. The number of hydrogen-bond acceptors (Lipinski definition) is 5. The van der Waals surface area contributed by atoms with Gasteiger partial charge in [0.25, 0.3) is 0 Å². The van der Waals surface area contributed by atoms with Gasteiger partial charge in [-0.25, -0.2) is 4.79 Å². The molecule has 0 atom stereocenters. The van der Waals surface area contributed by atoms with Crippen molar-refractivity contribution in [2.24, 2.45) is 0 Å². The molecule has 7 heteroatoms. The average molecular weight is 528 g/mol. The molecule has 0 saturated heterocycles. The molecular formula is C27H30BrNO5. The fourth-order valence-corrected chi connectivity index (χ4v) is 5.21. The summed E-state index contributed by atoms with van der Waals surface area (Å²) in [5.41, 5.74) is 5.43. The molecule has 3 aromatic rings. The maximum Gasteiger partial charge on any atom is 0.355 e. The van der Waals surface area contributed by atoms with Gasteiger partial charge in [-0.1, -0.05) is 12.1 Å². The van der Waals surface area contributed by atoms with E-state index < -0.39 is 0 Å². The number of carbonyl (C=O) groups is 1. The van der Waals surface area contributed by atoms with E-state index in [-0.39, 0.29) is 18.2 Å². The minimum Gasteiger partial charge on any atom is -0.493 e. The van der Waals surface area contributed by atoms with E-state index in [9.17, 15) is 4.79 Å². The highest BCUT2D eigenvalue weighted by atomic mass is 79.9. The molecule has 0 spiro atoms. The first kappa shape index (κ1) is 24.2. The summed E-state index contributed by atoms with van der Waals surface area (Å²) in [5.74, 6) is 1.76. The van der Waals surface area contributed by atoms with Crippen molar-refractivity contribution in [1.82, 2.24) is 4.57 Å². The van der Waals surface area contributed by atoms with Gasteiger partial charge in [-0.15, -0.1) is 0 Å². The summed E-state index contributed by atoms with van der Waals surface area (Å²) in [5, 5.41) is 0. The van der Waals surface area contributed by atoms with Gasteiger partial charge in [0.05, 0.1) is 36.6 Å². The Bertz CT molecular complexity index is 1230. The third-order valence-corrected chi connectivity index (χ3v) is 6.46. The normalized spacial score (nSPS) is 12.4. The van der Waals surface area contributed by atoms with Crippen LogP contribution in [0.3, 0.4) is 0 Å². The van der Waals surface area contributed by atoms with E-state index in [1.807, 2.05) is 62.6 Å². The maximum absolute atomic E-state index is 12.8. The van der Waals surface area contributed by atoms with Crippen LogP contribution in [-0.2, 0) is 17.7 Å². The Morgan fingerprint density at radius 2 is 1.74 bits per heavy atom. The van der Waals surface area contributed by atoms with Crippen LogP contribution in [0.1, 0.15) is 43.7 Å². The van der Waals surface area contributed by atoms with Crippen molar-refractivity contribution in [3.8, 4) is 39.6 Å². The van der Waals surface area contributed by atoms with Crippen LogP contribution >= 0.6 is 15.9 Å². The molecule has 180 valence electrons. The summed E-state index contributed by atoms with van der Waals surface area (Å²) < 4.78 is 25.5. The first-order valence-corrected chi connectivity index (χ1v) is 12.2. The van der Waals surface area contributed by atoms with E-state index in [1.165, 1.54) is 7.11 Å². The summed E-state index contributed by atoms with van der Waals surface area (Å²) >= 11 is 3.73. The quantitative estimate of drug-likeness (QED) is 0.327. The number of hydrogen-bond donors (Lipinski definition) is 0. The Morgan fingerprint density at radius 3 is 2.38 bits per heavy atom. The van der Waals surface area contributed by atoms with E-state index >= 15 is 0 Å². The van der Waals surface area contributed by atoms with Crippen molar-refractivity contribution < 1.29 is 23.7 Å². The van der Waals surface area contributed by atoms with Crippen LogP contribution in [0.15, 0.2) is 40.9 Å². The van der Waals surface area contributed by atoms with Gasteiger partial charge in [-0.2, -0.15) is 0 Å². The number of halogens is 1.